The summed E-state index contributed by atoms with van der Waals surface area (Å²) in [5.41, 5.74) is 16.9. The summed E-state index contributed by atoms with van der Waals surface area (Å²) in [4.78, 5) is 127. The van der Waals surface area contributed by atoms with E-state index >= 15 is 0 Å². The fourth-order valence-electron chi connectivity index (χ4n) is 5.86. The van der Waals surface area contributed by atoms with E-state index in [1.54, 1.807) is 0 Å². The van der Waals surface area contributed by atoms with Crippen LogP contribution in [0.4, 0.5) is 0 Å². The van der Waals surface area contributed by atoms with E-state index in [1.807, 2.05) is 13.8 Å². The van der Waals surface area contributed by atoms with Crippen molar-refractivity contribution in [1.29, 1.82) is 0 Å². The SMILES string of the molecule is CNC(=O)[C@H](C)NC(=O)[C@H](CCCCN)NC(=O)[C@H](CCCCN)NC(=O)[C@H](CCCCN)NC(=O)[C@H](CO)NC(=O)CNC(=O)CNC(=O)CNC(=O)[C@H](CC(C)C)NC(C)=O. The second-order valence-corrected chi connectivity index (χ2v) is 15.3. The van der Waals surface area contributed by atoms with Crippen molar-refractivity contribution in [3.63, 3.8) is 0 Å². The van der Waals surface area contributed by atoms with Crippen LogP contribution in [0.15, 0.2) is 0 Å². The maximum Gasteiger partial charge on any atom is 0.245 e. The van der Waals surface area contributed by atoms with Crippen molar-refractivity contribution in [2.75, 3.05) is 52.9 Å². The zero-order valence-electron chi connectivity index (χ0n) is 37.3. The molecule has 24 heteroatoms. The van der Waals surface area contributed by atoms with E-state index in [4.69, 9.17) is 17.2 Å². The van der Waals surface area contributed by atoms with Gasteiger partial charge in [-0.25, -0.2) is 0 Å². The maximum atomic E-state index is 13.7. The van der Waals surface area contributed by atoms with E-state index in [1.165, 1.54) is 20.9 Å². The number of likely N-dealkylation sites (N-methyl/N-ethyl adjacent to an activating group) is 1. The van der Waals surface area contributed by atoms with Crippen LogP contribution >= 0.6 is 0 Å². The summed E-state index contributed by atoms with van der Waals surface area (Å²) in [6, 6.07) is -6.86. The minimum Gasteiger partial charge on any atom is -0.394 e. The number of hydrogen-bond acceptors (Lipinski definition) is 14. The Balaban J connectivity index is 5.64. The molecule has 24 nitrogen and oxygen atoms in total. The molecule has 0 fully saturated rings. The fourth-order valence-corrected chi connectivity index (χ4v) is 5.86. The van der Waals surface area contributed by atoms with Gasteiger partial charge in [0, 0.05) is 14.0 Å². The van der Waals surface area contributed by atoms with Gasteiger partial charge in [0.2, 0.25) is 59.1 Å². The molecule has 0 aromatic rings. The van der Waals surface area contributed by atoms with E-state index in [-0.39, 0.29) is 31.7 Å². The average molecular weight is 900 g/mol. The highest BCUT2D eigenvalue weighted by molar-refractivity contribution is 5.97. The molecule has 0 bridgehead atoms. The Hall–Kier alpha value is -5.46. The molecule has 10 amide bonds. The van der Waals surface area contributed by atoms with E-state index in [2.05, 4.69) is 53.2 Å². The number of hydrogen-bond donors (Lipinski definition) is 14. The highest BCUT2D eigenvalue weighted by Gasteiger charge is 2.32. The van der Waals surface area contributed by atoms with Gasteiger partial charge in [-0.3, -0.25) is 47.9 Å². The fraction of sp³-hybridized carbons (Fsp3) is 0.744. The zero-order valence-corrected chi connectivity index (χ0v) is 37.3. The lowest BCUT2D eigenvalue weighted by Gasteiger charge is -2.27. The van der Waals surface area contributed by atoms with Gasteiger partial charge in [-0.05, 0) is 96.7 Å². The van der Waals surface area contributed by atoms with Crippen LogP contribution in [-0.4, -0.2) is 153 Å². The first kappa shape index (κ1) is 57.5. The third-order valence-corrected chi connectivity index (χ3v) is 9.29. The van der Waals surface area contributed by atoms with Crippen LogP contribution in [0.1, 0.15) is 91.9 Å². The Morgan fingerprint density at radius 3 is 1.24 bits per heavy atom. The van der Waals surface area contributed by atoms with Gasteiger partial charge >= 0.3 is 0 Å². The quantitative estimate of drug-likeness (QED) is 0.0274. The molecule has 0 aliphatic carbocycles. The number of carbonyl (C=O) groups excluding carboxylic acids is 10. The van der Waals surface area contributed by atoms with Crippen LogP contribution in [0.2, 0.25) is 0 Å². The summed E-state index contributed by atoms with van der Waals surface area (Å²) in [6.45, 7) is 4.75. The zero-order chi connectivity index (χ0) is 47.9. The number of aliphatic hydroxyl groups excluding tert-OH is 1. The van der Waals surface area contributed by atoms with Gasteiger partial charge in [-0.1, -0.05) is 13.8 Å². The molecule has 63 heavy (non-hydrogen) atoms. The van der Waals surface area contributed by atoms with Gasteiger partial charge in [-0.15, -0.1) is 0 Å². The number of amides is 10. The van der Waals surface area contributed by atoms with Crippen molar-refractivity contribution in [2.24, 2.45) is 23.1 Å². The van der Waals surface area contributed by atoms with Gasteiger partial charge < -0.3 is 75.5 Å². The minimum absolute atomic E-state index is 0.0544. The third-order valence-electron chi connectivity index (χ3n) is 9.29. The molecule has 0 rings (SSSR count). The molecule has 0 saturated carbocycles. The molecule has 0 radical (unpaired) electrons. The summed E-state index contributed by atoms with van der Waals surface area (Å²) in [6.07, 6.45) is 3.49. The summed E-state index contributed by atoms with van der Waals surface area (Å²) >= 11 is 0. The number of carbonyl (C=O) groups is 10. The molecule has 0 unspecified atom stereocenters. The first-order chi connectivity index (χ1) is 29.8. The first-order valence-corrected chi connectivity index (χ1v) is 21.3. The van der Waals surface area contributed by atoms with Crippen LogP contribution in [0.3, 0.4) is 0 Å². The van der Waals surface area contributed by atoms with E-state index in [0.29, 0.717) is 58.0 Å². The molecule has 360 valence electrons. The molecule has 0 aromatic carbocycles. The average Bonchev–Trinajstić information content (AvgIpc) is 3.23. The molecule has 0 aliphatic rings. The van der Waals surface area contributed by atoms with Gasteiger partial charge in [0.1, 0.15) is 36.3 Å². The molecule has 17 N–H and O–H groups in total. The molecule has 6 atom stereocenters. The van der Waals surface area contributed by atoms with Crippen LogP contribution in [-0.2, 0) is 47.9 Å². The van der Waals surface area contributed by atoms with Crippen LogP contribution in [0, 0.1) is 5.92 Å². The lowest BCUT2D eigenvalue weighted by Crippen LogP contribution is -2.59. The van der Waals surface area contributed by atoms with Gasteiger partial charge in [-0.2, -0.15) is 0 Å². The Bertz CT molecular complexity index is 1500. The van der Waals surface area contributed by atoms with E-state index in [9.17, 15) is 53.1 Å². The van der Waals surface area contributed by atoms with Crippen molar-refractivity contribution >= 4 is 59.1 Å². The van der Waals surface area contributed by atoms with Crippen LogP contribution in [0.25, 0.3) is 0 Å². The summed E-state index contributed by atoms with van der Waals surface area (Å²) < 4.78 is 0. The summed E-state index contributed by atoms with van der Waals surface area (Å²) in [7, 11) is 1.41. The first-order valence-electron chi connectivity index (χ1n) is 21.3. The van der Waals surface area contributed by atoms with Gasteiger partial charge in [0.15, 0.2) is 0 Å². The highest BCUT2D eigenvalue weighted by Crippen LogP contribution is 2.09. The predicted molar refractivity (Wildman–Crippen MR) is 231 cm³/mol. The Labute approximate surface area is 369 Å². The molecule has 0 spiro atoms. The number of unbranched alkanes of at least 4 members (excludes halogenated alkanes) is 3. The summed E-state index contributed by atoms with van der Waals surface area (Å²) in [5, 5.41) is 34.5. The van der Waals surface area contributed by atoms with Gasteiger partial charge in [0.05, 0.1) is 26.2 Å². The standard InChI is InChI=1S/C39H73N13O11/c1-23(2)18-29(48-25(4)54)35(59)46-20-32(56)44-19-31(55)45-21-33(57)49-30(22-53)39(63)52-28(14-8-11-17-42)38(62)51-27(13-7-10-16-41)37(61)50-26(12-6-9-15-40)36(60)47-24(3)34(58)43-5/h23-24,26-30,53H,6-22,40-42H2,1-5H3,(H,43,58)(H,44,56)(H,45,55)(H,46,59)(H,47,60)(H,48,54)(H,49,57)(H,50,61)(H,51,62)(H,52,63)/t24-,26-,27-,28-,29-,30-/m0/s1. The molecule has 0 aromatic heterocycles. The monoisotopic (exact) mass is 900 g/mol. The van der Waals surface area contributed by atoms with Crippen molar-refractivity contribution in [3.05, 3.63) is 0 Å². The molecule has 0 heterocycles. The van der Waals surface area contributed by atoms with Crippen molar-refractivity contribution in [2.45, 2.75) is 128 Å². The molecular weight excluding hydrogens is 827 g/mol. The van der Waals surface area contributed by atoms with Crippen molar-refractivity contribution in [1.82, 2.24) is 53.2 Å². The highest BCUT2D eigenvalue weighted by atomic mass is 16.3. The number of nitrogens with one attached hydrogen (secondary N) is 10. The Morgan fingerprint density at radius 1 is 0.460 bits per heavy atom. The lowest BCUT2D eigenvalue weighted by atomic mass is 10.0. The van der Waals surface area contributed by atoms with E-state index < -0.39 is 122 Å². The molecular formula is C39H73N13O11. The second kappa shape index (κ2) is 33.1. The summed E-state index contributed by atoms with van der Waals surface area (Å²) in [5.74, 6) is -6.84. The minimum atomic E-state index is -1.58. The Kier molecular flexibility index (Phi) is 30.3. The number of nitrogens with two attached hydrogens (primary N) is 3. The topological polar surface area (TPSA) is 389 Å². The normalized spacial score (nSPS) is 13.7. The second-order valence-electron chi connectivity index (χ2n) is 15.3. The number of rotatable bonds is 33. The van der Waals surface area contributed by atoms with E-state index in [0.717, 1.165) is 0 Å². The van der Waals surface area contributed by atoms with Crippen molar-refractivity contribution < 1.29 is 53.1 Å². The molecule has 0 aliphatic heterocycles. The maximum absolute atomic E-state index is 13.7. The Morgan fingerprint density at radius 2 is 0.857 bits per heavy atom. The lowest BCUT2D eigenvalue weighted by molar-refractivity contribution is -0.135. The predicted octanol–water partition coefficient (Wildman–Crippen LogP) is -5.55. The number of aliphatic hydroxyl groups is 1. The van der Waals surface area contributed by atoms with Crippen molar-refractivity contribution in [3.8, 4) is 0 Å². The van der Waals surface area contributed by atoms with Crippen LogP contribution < -0.4 is 70.4 Å². The molecule has 0 saturated heterocycles. The van der Waals surface area contributed by atoms with Gasteiger partial charge in [0.25, 0.3) is 0 Å². The smallest absolute Gasteiger partial charge is 0.245 e. The van der Waals surface area contributed by atoms with Crippen LogP contribution in [0.5, 0.6) is 0 Å². The largest absolute Gasteiger partial charge is 0.394 e. The third kappa shape index (κ3) is 25.9.